The highest BCUT2D eigenvalue weighted by Crippen LogP contribution is 2.27. The summed E-state index contributed by atoms with van der Waals surface area (Å²) in [6.45, 7) is 1.84. The molecule has 1 aromatic carbocycles. The second-order valence-electron chi connectivity index (χ2n) is 5.56. The van der Waals surface area contributed by atoms with Gasteiger partial charge in [-0.1, -0.05) is 25.0 Å². The predicted molar refractivity (Wildman–Crippen MR) is 79.5 cm³/mol. The van der Waals surface area contributed by atoms with Crippen LogP contribution in [0.5, 0.6) is 5.75 Å². The van der Waals surface area contributed by atoms with Gasteiger partial charge in [-0.3, -0.25) is 20.4 Å². The molecule has 0 bridgehead atoms. The fourth-order valence-electron chi connectivity index (χ4n) is 2.56. The van der Waals surface area contributed by atoms with Gasteiger partial charge in [-0.2, -0.15) is 0 Å². The van der Waals surface area contributed by atoms with Crippen molar-refractivity contribution < 1.29 is 14.3 Å². The van der Waals surface area contributed by atoms with Gasteiger partial charge in [-0.15, -0.1) is 0 Å². The highest BCUT2D eigenvalue weighted by molar-refractivity contribution is 5.82. The van der Waals surface area contributed by atoms with Crippen molar-refractivity contribution in [2.75, 3.05) is 6.61 Å². The molecule has 1 saturated carbocycles. The Kier molecular flexibility index (Phi) is 5.60. The zero-order chi connectivity index (χ0) is 15.1. The summed E-state index contributed by atoms with van der Waals surface area (Å²) in [5, 5.41) is 0. The van der Waals surface area contributed by atoms with Crippen LogP contribution in [0.15, 0.2) is 24.3 Å². The van der Waals surface area contributed by atoms with Gasteiger partial charge in [0.1, 0.15) is 5.75 Å². The molecule has 0 aliphatic heterocycles. The molecule has 0 spiro atoms. The van der Waals surface area contributed by atoms with E-state index in [4.69, 9.17) is 4.74 Å². The van der Waals surface area contributed by atoms with E-state index in [2.05, 4.69) is 10.9 Å². The molecule has 0 heterocycles. The maximum Gasteiger partial charge on any atom is 0.276 e. The molecule has 5 nitrogen and oxygen atoms in total. The van der Waals surface area contributed by atoms with Gasteiger partial charge in [-0.25, -0.2) is 0 Å². The lowest BCUT2D eigenvalue weighted by Crippen LogP contribution is -2.44. The van der Waals surface area contributed by atoms with Crippen LogP contribution in [0.3, 0.4) is 0 Å². The maximum absolute atomic E-state index is 11.7. The lowest BCUT2D eigenvalue weighted by molar-refractivity contribution is -0.130. The lowest BCUT2D eigenvalue weighted by Gasteiger charge is -2.11. The Morgan fingerprint density at radius 1 is 1.19 bits per heavy atom. The molecule has 0 saturated heterocycles. The third-order valence-corrected chi connectivity index (χ3v) is 3.65. The topological polar surface area (TPSA) is 67.4 Å². The van der Waals surface area contributed by atoms with Crippen molar-refractivity contribution in [2.45, 2.75) is 39.0 Å². The van der Waals surface area contributed by atoms with E-state index in [0.29, 0.717) is 18.1 Å². The van der Waals surface area contributed by atoms with Crippen LogP contribution in [0.25, 0.3) is 0 Å². The minimum absolute atomic E-state index is 0.118. The molecule has 21 heavy (non-hydrogen) atoms. The van der Waals surface area contributed by atoms with Gasteiger partial charge in [0.2, 0.25) is 5.91 Å². The largest absolute Gasteiger partial charge is 0.484 e. The van der Waals surface area contributed by atoms with Crippen LogP contribution in [0.2, 0.25) is 0 Å². The molecule has 0 aromatic heterocycles. The summed E-state index contributed by atoms with van der Waals surface area (Å²) in [5.74, 6) is 0.606. The number of carbonyl (C=O) groups is 2. The molecule has 5 heteroatoms. The molecular weight excluding hydrogens is 268 g/mol. The number of hydrazine groups is 1. The molecule has 1 aliphatic carbocycles. The number of hydrogen-bond acceptors (Lipinski definition) is 3. The molecule has 1 aromatic rings. The Labute approximate surface area is 125 Å². The van der Waals surface area contributed by atoms with Crippen molar-refractivity contribution in [1.29, 1.82) is 0 Å². The minimum atomic E-state index is -0.365. The molecule has 0 radical (unpaired) electrons. The van der Waals surface area contributed by atoms with E-state index in [-0.39, 0.29) is 18.4 Å². The van der Waals surface area contributed by atoms with Crippen LogP contribution >= 0.6 is 0 Å². The van der Waals surface area contributed by atoms with Crippen molar-refractivity contribution >= 4 is 11.8 Å². The number of aryl methyl sites for hydroxylation is 1. The quantitative estimate of drug-likeness (QED) is 0.816. The predicted octanol–water partition coefficient (Wildman–Crippen LogP) is 2.10. The van der Waals surface area contributed by atoms with Crippen LogP contribution in [0.1, 0.15) is 37.7 Å². The third-order valence-electron chi connectivity index (χ3n) is 3.65. The molecule has 1 fully saturated rings. The van der Waals surface area contributed by atoms with Gasteiger partial charge < -0.3 is 4.74 Å². The van der Waals surface area contributed by atoms with Crippen LogP contribution in [0, 0.1) is 12.8 Å². The number of benzene rings is 1. The van der Waals surface area contributed by atoms with Crippen LogP contribution in [-0.4, -0.2) is 18.4 Å². The molecule has 114 valence electrons. The smallest absolute Gasteiger partial charge is 0.276 e. The summed E-state index contributed by atoms with van der Waals surface area (Å²) in [6, 6.07) is 7.47. The molecule has 1 aliphatic rings. The molecule has 2 rings (SSSR count). The Hall–Kier alpha value is -2.04. The van der Waals surface area contributed by atoms with E-state index in [9.17, 15) is 9.59 Å². The highest BCUT2D eigenvalue weighted by Gasteiger charge is 2.18. The van der Waals surface area contributed by atoms with Crippen LogP contribution in [-0.2, 0) is 9.59 Å². The summed E-state index contributed by atoms with van der Waals surface area (Å²) >= 11 is 0. The maximum atomic E-state index is 11.7. The Balaban J connectivity index is 1.64. The van der Waals surface area contributed by atoms with Crippen LogP contribution in [0.4, 0.5) is 0 Å². The molecule has 0 atom stereocenters. The molecular formula is C16H22N2O3. The SMILES string of the molecule is Cc1cccc(OCC(=O)NNC(=O)CC2CCCC2)c1. The number of nitrogens with one attached hydrogen (secondary N) is 2. The van der Waals surface area contributed by atoms with Crippen LogP contribution < -0.4 is 15.6 Å². The Bertz CT molecular complexity index is 496. The fraction of sp³-hybridized carbons (Fsp3) is 0.500. The number of hydrogen-bond donors (Lipinski definition) is 2. The number of rotatable bonds is 5. The molecule has 2 N–H and O–H groups in total. The van der Waals surface area contributed by atoms with Gasteiger partial charge in [0.25, 0.3) is 5.91 Å². The Morgan fingerprint density at radius 2 is 1.90 bits per heavy atom. The average Bonchev–Trinajstić information content (AvgIpc) is 2.96. The van der Waals surface area contributed by atoms with Crippen molar-refractivity contribution in [3.63, 3.8) is 0 Å². The van der Waals surface area contributed by atoms with Crippen molar-refractivity contribution in [3.05, 3.63) is 29.8 Å². The first-order chi connectivity index (χ1) is 10.1. The van der Waals surface area contributed by atoms with Gasteiger partial charge >= 0.3 is 0 Å². The second-order valence-corrected chi connectivity index (χ2v) is 5.56. The molecule has 2 amide bonds. The van der Waals surface area contributed by atoms with E-state index < -0.39 is 0 Å². The number of ether oxygens (including phenoxy) is 1. The zero-order valence-electron chi connectivity index (χ0n) is 12.4. The van der Waals surface area contributed by atoms with Gasteiger partial charge in [0.15, 0.2) is 6.61 Å². The standard InChI is InChI=1S/C16H22N2O3/c1-12-5-4-8-14(9-12)21-11-16(20)18-17-15(19)10-13-6-2-3-7-13/h4-5,8-9,13H,2-3,6-7,10-11H2,1H3,(H,17,19)(H,18,20). The van der Waals surface area contributed by atoms with Gasteiger partial charge in [-0.05, 0) is 43.4 Å². The minimum Gasteiger partial charge on any atom is -0.484 e. The molecule has 0 unspecified atom stereocenters. The van der Waals surface area contributed by atoms with Gasteiger partial charge in [0.05, 0.1) is 0 Å². The third kappa shape index (κ3) is 5.45. The zero-order valence-corrected chi connectivity index (χ0v) is 12.4. The fourth-order valence-corrected chi connectivity index (χ4v) is 2.56. The normalized spacial score (nSPS) is 14.7. The van der Waals surface area contributed by atoms with Gasteiger partial charge in [0, 0.05) is 6.42 Å². The van der Waals surface area contributed by atoms with E-state index >= 15 is 0 Å². The van der Waals surface area contributed by atoms with E-state index in [1.54, 1.807) is 6.07 Å². The summed E-state index contributed by atoms with van der Waals surface area (Å²) in [5.41, 5.74) is 5.88. The number of carbonyl (C=O) groups excluding carboxylic acids is 2. The first kappa shape index (κ1) is 15.4. The second kappa shape index (κ2) is 7.67. The Morgan fingerprint density at radius 3 is 2.62 bits per heavy atom. The van der Waals surface area contributed by atoms with Crippen molar-refractivity contribution in [2.24, 2.45) is 5.92 Å². The first-order valence-electron chi connectivity index (χ1n) is 7.40. The summed E-state index contributed by atoms with van der Waals surface area (Å²) < 4.78 is 5.35. The monoisotopic (exact) mass is 290 g/mol. The van der Waals surface area contributed by atoms with E-state index in [1.807, 2.05) is 25.1 Å². The van der Waals surface area contributed by atoms with Crippen molar-refractivity contribution in [1.82, 2.24) is 10.9 Å². The van der Waals surface area contributed by atoms with E-state index in [0.717, 1.165) is 18.4 Å². The first-order valence-corrected chi connectivity index (χ1v) is 7.40. The van der Waals surface area contributed by atoms with E-state index in [1.165, 1.54) is 12.8 Å². The average molecular weight is 290 g/mol. The summed E-state index contributed by atoms with van der Waals surface area (Å²) in [6.07, 6.45) is 5.11. The summed E-state index contributed by atoms with van der Waals surface area (Å²) in [7, 11) is 0. The summed E-state index contributed by atoms with van der Waals surface area (Å²) in [4.78, 5) is 23.2. The van der Waals surface area contributed by atoms with Crippen molar-refractivity contribution in [3.8, 4) is 5.75 Å². The number of amides is 2. The highest BCUT2D eigenvalue weighted by atomic mass is 16.5. The lowest BCUT2D eigenvalue weighted by atomic mass is 10.0.